The predicted molar refractivity (Wildman–Crippen MR) is 109 cm³/mol. The standard InChI is InChI=1S/C23H14N4/c1-3-15-8-9-20-21(10-15)22(16(11-24)12-25)18-6-4-5-7-19(18)23(20)17(13-26)14-27-2/h3-10,14H,1H2,2H3/b23-17-,27-14+. The fourth-order valence-electron chi connectivity index (χ4n) is 3.30. The molecule has 126 valence electrons. The summed E-state index contributed by atoms with van der Waals surface area (Å²) in [5.74, 6) is 0. The average molecular weight is 346 g/mol. The second-order valence-corrected chi connectivity index (χ2v) is 5.82. The molecule has 0 radical (unpaired) electrons. The molecule has 0 aliphatic heterocycles. The number of rotatable bonds is 2. The van der Waals surface area contributed by atoms with Crippen LogP contribution in [0.5, 0.6) is 0 Å². The summed E-state index contributed by atoms with van der Waals surface area (Å²) in [5, 5.41) is 33.1. The normalized spacial score (nSPS) is 11.6. The number of hydrogen-bond donors (Lipinski definition) is 0. The molecule has 0 aliphatic carbocycles. The Morgan fingerprint density at radius 2 is 1.52 bits per heavy atom. The van der Waals surface area contributed by atoms with Gasteiger partial charge < -0.3 is 0 Å². The summed E-state index contributed by atoms with van der Waals surface area (Å²) in [6.45, 7) is 3.80. The van der Waals surface area contributed by atoms with Crippen LogP contribution in [0, 0.1) is 34.0 Å². The topological polar surface area (TPSA) is 83.7 Å². The van der Waals surface area contributed by atoms with Crippen molar-refractivity contribution < 1.29 is 0 Å². The summed E-state index contributed by atoms with van der Waals surface area (Å²) in [6.07, 6.45) is 3.24. The van der Waals surface area contributed by atoms with Gasteiger partial charge in [-0.3, -0.25) is 4.99 Å². The van der Waals surface area contributed by atoms with E-state index in [0.29, 0.717) is 10.8 Å². The molecular formula is C23H14N4. The zero-order chi connectivity index (χ0) is 19.4. The molecule has 3 aromatic carbocycles. The molecule has 0 aliphatic rings. The summed E-state index contributed by atoms with van der Waals surface area (Å²) in [7, 11) is 1.61. The number of hydrogen-bond acceptors (Lipinski definition) is 4. The van der Waals surface area contributed by atoms with E-state index >= 15 is 0 Å². The second-order valence-electron chi connectivity index (χ2n) is 5.82. The van der Waals surface area contributed by atoms with E-state index in [1.54, 1.807) is 13.1 Å². The predicted octanol–water partition coefficient (Wildman–Crippen LogP) is 3.21. The minimum Gasteiger partial charge on any atom is -0.295 e. The summed E-state index contributed by atoms with van der Waals surface area (Å²) in [4.78, 5) is 4.01. The van der Waals surface area contributed by atoms with E-state index < -0.39 is 0 Å². The molecule has 27 heavy (non-hydrogen) atoms. The summed E-state index contributed by atoms with van der Waals surface area (Å²) in [6, 6.07) is 19.4. The summed E-state index contributed by atoms with van der Waals surface area (Å²) >= 11 is 0. The van der Waals surface area contributed by atoms with Crippen molar-refractivity contribution in [2.24, 2.45) is 4.99 Å². The van der Waals surface area contributed by atoms with Gasteiger partial charge in [-0.2, -0.15) is 15.8 Å². The van der Waals surface area contributed by atoms with Crippen molar-refractivity contribution in [2.75, 3.05) is 7.05 Å². The Morgan fingerprint density at radius 1 is 0.889 bits per heavy atom. The van der Waals surface area contributed by atoms with Gasteiger partial charge >= 0.3 is 0 Å². The quantitative estimate of drug-likeness (QED) is 0.527. The largest absolute Gasteiger partial charge is 0.295 e. The third-order valence-electron chi connectivity index (χ3n) is 4.41. The number of fused-ring (bicyclic) bond motifs is 2. The molecule has 0 atom stereocenters. The molecule has 0 amide bonds. The zero-order valence-electron chi connectivity index (χ0n) is 14.7. The maximum Gasteiger partial charge on any atom is 0.138 e. The second kappa shape index (κ2) is 7.36. The van der Waals surface area contributed by atoms with Gasteiger partial charge in [0.05, 0.1) is 5.57 Å². The lowest BCUT2D eigenvalue weighted by Crippen LogP contribution is -2.19. The number of aliphatic imine (C=N–C) groups is 1. The van der Waals surface area contributed by atoms with E-state index in [2.05, 4.69) is 17.6 Å². The molecule has 0 fully saturated rings. The highest BCUT2D eigenvalue weighted by Crippen LogP contribution is 2.18. The van der Waals surface area contributed by atoms with Gasteiger partial charge in [0.1, 0.15) is 23.8 Å². The van der Waals surface area contributed by atoms with Crippen molar-refractivity contribution >= 4 is 45.0 Å². The molecule has 0 saturated heterocycles. The third-order valence-corrected chi connectivity index (χ3v) is 4.41. The minimum absolute atomic E-state index is 0.0339. The average Bonchev–Trinajstić information content (AvgIpc) is 2.72. The van der Waals surface area contributed by atoms with Crippen molar-refractivity contribution in [1.29, 1.82) is 15.8 Å². The lowest BCUT2D eigenvalue weighted by Gasteiger charge is -2.09. The van der Waals surface area contributed by atoms with Crippen molar-refractivity contribution in [2.45, 2.75) is 0 Å². The first kappa shape index (κ1) is 17.6. The van der Waals surface area contributed by atoms with E-state index in [1.807, 2.05) is 54.6 Å². The first-order valence-corrected chi connectivity index (χ1v) is 8.18. The molecule has 3 aromatic rings. The Balaban J connectivity index is 2.91. The first-order valence-electron chi connectivity index (χ1n) is 8.18. The number of benzene rings is 3. The van der Waals surface area contributed by atoms with Crippen molar-refractivity contribution in [3.63, 3.8) is 0 Å². The Hall–Kier alpha value is -4.20. The van der Waals surface area contributed by atoms with E-state index in [4.69, 9.17) is 0 Å². The number of nitriles is 3. The molecule has 0 N–H and O–H groups in total. The SMILES string of the molecule is C=Cc1ccc2/c(=C(C#N)\C=N\C)c3ccccc3c(=C(C#N)C#N)c2c1. The van der Waals surface area contributed by atoms with Crippen LogP contribution in [0.4, 0.5) is 0 Å². The molecular weight excluding hydrogens is 332 g/mol. The van der Waals surface area contributed by atoms with Crippen LogP contribution in [0.1, 0.15) is 5.56 Å². The fourth-order valence-corrected chi connectivity index (χ4v) is 3.30. The Kier molecular flexibility index (Phi) is 4.80. The summed E-state index contributed by atoms with van der Waals surface area (Å²) in [5.41, 5.74) is 1.32. The van der Waals surface area contributed by atoms with Gasteiger partial charge in [0.15, 0.2) is 0 Å². The monoisotopic (exact) mass is 346 g/mol. The highest BCUT2D eigenvalue weighted by atomic mass is 14.6. The summed E-state index contributed by atoms with van der Waals surface area (Å²) < 4.78 is 0. The smallest absolute Gasteiger partial charge is 0.138 e. The van der Waals surface area contributed by atoms with Gasteiger partial charge in [0.25, 0.3) is 0 Å². The minimum atomic E-state index is 0.0339. The molecule has 4 heteroatoms. The van der Waals surface area contributed by atoms with Crippen molar-refractivity contribution in [1.82, 2.24) is 0 Å². The maximum absolute atomic E-state index is 9.70. The van der Waals surface area contributed by atoms with Gasteiger partial charge in [-0.1, -0.05) is 49.1 Å². The molecule has 4 nitrogen and oxygen atoms in total. The molecule has 0 bridgehead atoms. The molecule has 0 unspecified atom stereocenters. The lowest BCUT2D eigenvalue weighted by molar-refractivity contribution is 1.47. The van der Waals surface area contributed by atoms with E-state index in [1.165, 1.54) is 6.21 Å². The van der Waals surface area contributed by atoms with Crippen molar-refractivity contribution in [3.05, 3.63) is 65.0 Å². The molecule has 0 heterocycles. The molecule has 0 aromatic heterocycles. The van der Waals surface area contributed by atoms with Crippen LogP contribution in [0.3, 0.4) is 0 Å². The highest BCUT2D eigenvalue weighted by Gasteiger charge is 2.12. The molecule has 3 rings (SSSR count). The van der Waals surface area contributed by atoms with Crippen LogP contribution in [0.15, 0.2) is 54.0 Å². The van der Waals surface area contributed by atoms with Crippen LogP contribution >= 0.6 is 0 Å². The highest BCUT2D eigenvalue weighted by molar-refractivity contribution is 6.15. The van der Waals surface area contributed by atoms with E-state index in [9.17, 15) is 15.8 Å². The molecule has 0 spiro atoms. The van der Waals surface area contributed by atoms with Crippen LogP contribution in [-0.4, -0.2) is 13.3 Å². The van der Waals surface area contributed by atoms with Crippen LogP contribution in [-0.2, 0) is 0 Å². The fraction of sp³-hybridized carbons (Fsp3) is 0.0435. The number of nitrogens with zero attached hydrogens (tertiary/aromatic N) is 4. The Morgan fingerprint density at radius 3 is 2.07 bits per heavy atom. The van der Waals surface area contributed by atoms with Crippen molar-refractivity contribution in [3.8, 4) is 18.2 Å². The maximum atomic E-state index is 9.70. The van der Waals surface area contributed by atoms with E-state index in [-0.39, 0.29) is 5.57 Å². The Bertz CT molecular complexity index is 1350. The van der Waals surface area contributed by atoms with Gasteiger partial charge in [-0.05, 0) is 33.2 Å². The van der Waals surface area contributed by atoms with Gasteiger partial charge in [-0.25, -0.2) is 0 Å². The van der Waals surface area contributed by atoms with Gasteiger partial charge in [0.2, 0.25) is 0 Å². The lowest BCUT2D eigenvalue weighted by atomic mass is 9.92. The molecule has 0 saturated carbocycles. The Labute approximate surface area is 156 Å². The third kappa shape index (κ3) is 2.85. The zero-order valence-corrected chi connectivity index (χ0v) is 14.7. The van der Waals surface area contributed by atoms with Crippen LogP contribution in [0.25, 0.3) is 38.8 Å². The first-order chi connectivity index (χ1) is 13.2. The van der Waals surface area contributed by atoms with E-state index in [0.717, 1.165) is 32.3 Å². The van der Waals surface area contributed by atoms with Crippen LogP contribution in [0.2, 0.25) is 0 Å². The van der Waals surface area contributed by atoms with Gasteiger partial charge in [-0.15, -0.1) is 0 Å². The van der Waals surface area contributed by atoms with Gasteiger partial charge in [0, 0.05) is 23.7 Å². The van der Waals surface area contributed by atoms with Crippen LogP contribution < -0.4 is 10.4 Å².